The number of nitrogens with one attached hydrogen (secondary N) is 1. The minimum atomic E-state index is -4.89. The molecule has 5 aliphatic rings. The molecule has 3 aromatic rings. The number of pyridine rings is 1. The summed E-state index contributed by atoms with van der Waals surface area (Å²) in [4.78, 5) is 15.1. The molecule has 2 unspecified atom stereocenters. The largest absolute Gasteiger partial charge is 0.485 e. The second kappa shape index (κ2) is 10.7. The number of likely N-dealkylation sites (N-methyl/N-ethyl adjacent to an activating group) is 1. The van der Waals surface area contributed by atoms with Gasteiger partial charge in [-0.1, -0.05) is 11.6 Å². The van der Waals surface area contributed by atoms with Gasteiger partial charge in [-0.3, -0.25) is 0 Å². The number of anilines is 2. The van der Waals surface area contributed by atoms with Gasteiger partial charge < -0.3 is 34.9 Å². The summed E-state index contributed by atoms with van der Waals surface area (Å²) in [5.41, 5.74) is 2.65. The smallest absolute Gasteiger partial charge is 0.418 e. The van der Waals surface area contributed by atoms with Crippen LogP contribution in [-0.4, -0.2) is 79.8 Å². The average Bonchev–Trinajstić information content (AvgIpc) is 3.55. The number of hydrogen-bond acceptors (Lipinski definition) is 10. The van der Waals surface area contributed by atoms with Gasteiger partial charge in [-0.25, -0.2) is 9.37 Å². The van der Waals surface area contributed by atoms with Gasteiger partial charge in [0.15, 0.2) is 11.6 Å². The minimum absolute atomic E-state index is 0.0531. The maximum atomic E-state index is 16.9. The number of halogens is 5. The highest BCUT2D eigenvalue weighted by molar-refractivity contribution is 6.36. The summed E-state index contributed by atoms with van der Waals surface area (Å²) in [6.45, 7) is 3.62. The number of hydrogen-bond donors (Lipinski definition) is 2. The van der Waals surface area contributed by atoms with E-state index >= 15 is 4.39 Å². The molecule has 1 aliphatic carbocycles. The van der Waals surface area contributed by atoms with Crippen LogP contribution in [0.25, 0.3) is 22.2 Å². The van der Waals surface area contributed by atoms with Crippen molar-refractivity contribution in [1.82, 2.24) is 20.3 Å². The van der Waals surface area contributed by atoms with Crippen molar-refractivity contribution in [3.63, 3.8) is 0 Å². The van der Waals surface area contributed by atoms with Crippen LogP contribution in [0.3, 0.4) is 0 Å². The first-order chi connectivity index (χ1) is 21.0. The van der Waals surface area contributed by atoms with Gasteiger partial charge in [0.05, 0.1) is 65.8 Å². The predicted octanol–water partition coefficient (Wildman–Crippen LogP) is 4.53. The molecule has 1 saturated carbocycles. The van der Waals surface area contributed by atoms with Crippen molar-refractivity contribution in [2.24, 2.45) is 5.41 Å². The van der Waals surface area contributed by atoms with Crippen LogP contribution in [0.2, 0.25) is 5.02 Å². The van der Waals surface area contributed by atoms with E-state index in [0.717, 1.165) is 18.9 Å². The zero-order valence-electron chi connectivity index (χ0n) is 24.1. The van der Waals surface area contributed by atoms with E-state index < -0.39 is 39.9 Å². The van der Waals surface area contributed by atoms with E-state index in [4.69, 9.17) is 41.3 Å². The third-order valence-corrected chi connectivity index (χ3v) is 9.26. The van der Waals surface area contributed by atoms with Crippen LogP contribution in [0, 0.1) is 18.2 Å². The Morgan fingerprint density at radius 1 is 1.20 bits per heavy atom. The number of nitrogens with two attached hydrogens (primary N) is 1. The Morgan fingerprint density at radius 3 is 2.70 bits per heavy atom. The van der Waals surface area contributed by atoms with Crippen LogP contribution >= 0.6 is 11.6 Å². The van der Waals surface area contributed by atoms with Crippen LogP contribution in [0.5, 0.6) is 11.8 Å². The molecule has 1 aromatic carbocycles. The molecule has 4 bridgehead atoms. The van der Waals surface area contributed by atoms with E-state index in [1.165, 1.54) is 6.92 Å². The normalized spacial score (nSPS) is 25.8. The van der Waals surface area contributed by atoms with Gasteiger partial charge in [0.2, 0.25) is 0 Å². The van der Waals surface area contributed by atoms with Crippen LogP contribution in [-0.2, 0) is 15.7 Å². The highest BCUT2D eigenvalue weighted by Gasteiger charge is 2.52. The summed E-state index contributed by atoms with van der Waals surface area (Å²) in [7, 11) is 1.81. The van der Waals surface area contributed by atoms with Crippen molar-refractivity contribution < 1.29 is 36.5 Å². The first-order valence-electron chi connectivity index (χ1n) is 14.5. The van der Waals surface area contributed by atoms with Crippen molar-refractivity contribution in [1.29, 1.82) is 0 Å². The first-order valence-corrected chi connectivity index (χ1v) is 14.8. The predicted molar refractivity (Wildman–Crippen MR) is 154 cm³/mol. The molecule has 3 N–H and O–H groups in total. The lowest BCUT2D eigenvalue weighted by Gasteiger charge is -2.41. The number of aromatic nitrogens is 3. The topological polar surface area (TPSA) is 117 Å². The van der Waals surface area contributed by atoms with E-state index in [9.17, 15) is 13.2 Å². The molecule has 8 rings (SSSR count). The van der Waals surface area contributed by atoms with Gasteiger partial charge in [-0.05, 0) is 38.4 Å². The van der Waals surface area contributed by atoms with Crippen molar-refractivity contribution in [3.8, 4) is 23.0 Å². The van der Waals surface area contributed by atoms with Crippen molar-refractivity contribution in [2.45, 2.75) is 50.6 Å². The zero-order valence-corrected chi connectivity index (χ0v) is 24.8. The number of nitrogens with zero attached hydrogens (tertiary/aromatic N) is 4. The summed E-state index contributed by atoms with van der Waals surface area (Å²) >= 11 is 6.84. The van der Waals surface area contributed by atoms with Crippen molar-refractivity contribution in [2.75, 3.05) is 57.2 Å². The number of alkyl halides is 3. The fraction of sp³-hybridized carbons (Fsp3) is 0.552. The standard InChI is InChI=1S/C29H31ClF4N6O4/c1-13-5-17(35)37-23(20(13)29(32,33)34)18-21(30)25-19-24(22(18)31)38-27(43-12-28-7-16(8-28)42-11-28)39-26(19)40(4-3-36-2)14-6-15(44-25)10-41-9-14/h5,14-16,36H,3-4,6-12H2,1-2H3,(H2,35,37). The van der Waals surface area contributed by atoms with Gasteiger partial charge in [-0.2, -0.15) is 23.1 Å². The lowest BCUT2D eigenvalue weighted by Crippen LogP contribution is -2.50. The Labute approximate surface area is 255 Å². The molecule has 2 aromatic heterocycles. The van der Waals surface area contributed by atoms with E-state index in [2.05, 4.69) is 15.3 Å². The molecule has 10 nitrogen and oxygen atoms in total. The Hall–Kier alpha value is -3.20. The van der Waals surface area contributed by atoms with Crippen LogP contribution in [0.1, 0.15) is 30.4 Å². The van der Waals surface area contributed by atoms with Crippen molar-refractivity contribution in [3.05, 3.63) is 28.0 Å². The molecule has 0 spiro atoms. The fourth-order valence-electron chi connectivity index (χ4n) is 6.81. The summed E-state index contributed by atoms with van der Waals surface area (Å²) in [5.74, 6) is -1.11. The number of benzene rings is 1. The Bertz CT molecular complexity index is 1630. The minimum Gasteiger partial charge on any atom is -0.485 e. The number of fused-ring (bicyclic) bond motifs is 3. The van der Waals surface area contributed by atoms with E-state index in [1.807, 2.05) is 11.9 Å². The lowest BCUT2D eigenvalue weighted by atomic mass is 9.71. The summed E-state index contributed by atoms with van der Waals surface area (Å²) in [6, 6.07) is 0.774. The quantitative estimate of drug-likeness (QED) is 0.358. The van der Waals surface area contributed by atoms with Crippen LogP contribution < -0.4 is 25.4 Å². The SMILES string of the molecule is CNCCN1c2nc(OCC34COC(C3)C4)nc3c(F)c(-c4nc(N)cc(C)c4C(F)(F)F)c(Cl)c(c23)OC2COCC1C2. The number of ether oxygens (including phenoxy) is 4. The highest BCUT2D eigenvalue weighted by atomic mass is 35.5. The summed E-state index contributed by atoms with van der Waals surface area (Å²) in [5, 5.41) is 2.87. The number of nitrogen functional groups attached to an aromatic ring is 1. The summed E-state index contributed by atoms with van der Waals surface area (Å²) < 4.78 is 84.1. The highest BCUT2D eigenvalue weighted by Crippen LogP contribution is 2.52. The van der Waals surface area contributed by atoms with Gasteiger partial charge >= 0.3 is 12.2 Å². The molecule has 4 aliphatic heterocycles. The van der Waals surface area contributed by atoms with E-state index in [1.54, 1.807) is 0 Å². The second-order valence-corrected chi connectivity index (χ2v) is 12.4. The van der Waals surface area contributed by atoms with E-state index in [-0.39, 0.29) is 70.6 Å². The third kappa shape index (κ3) is 4.86. The molecular formula is C29H31ClF4N6O4. The Balaban J connectivity index is 1.49. The van der Waals surface area contributed by atoms with Crippen molar-refractivity contribution >= 4 is 34.1 Å². The molecule has 15 heteroatoms. The zero-order chi connectivity index (χ0) is 31.0. The molecule has 0 amide bonds. The number of aryl methyl sites for hydroxylation is 1. The Kier molecular flexibility index (Phi) is 7.18. The third-order valence-electron chi connectivity index (χ3n) is 8.90. The lowest BCUT2D eigenvalue weighted by molar-refractivity contribution is -0.137. The maximum absolute atomic E-state index is 16.9. The maximum Gasteiger partial charge on any atom is 0.418 e. The molecule has 236 valence electrons. The van der Waals surface area contributed by atoms with Gasteiger partial charge in [0.1, 0.15) is 23.3 Å². The molecule has 6 heterocycles. The second-order valence-electron chi connectivity index (χ2n) is 12.1. The monoisotopic (exact) mass is 638 g/mol. The van der Waals surface area contributed by atoms with Gasteiger partial charge in [0, 0.05) is 24.9 Å². The van der Waals surface area contributed by atoms with Gasteiger partial charge in [-0.15, -0.1) is 0 Å². The molecule has 2 atom stereocenters. The fourth-order valence-corrected chi connectivity index (χ4v) is 7.12. The molecule has 4 fully saturated rings. The van der Waals surface area contributed by atoms with Crippen LogP contribution in [0.4, 0.5) is 29.2 Å². The van der Waals surface area contributed by atoms with E-state index in [0.29, 0.717) is 32.7 Å². The molecule has 3 saturated heterocycles. The average molecular weight is 639 g/mol. The van der Waals surface area contributed by atoms with Gasteiger partial charge in [0.25, 0.3) is 0 Å². The molecule has 44 heavy (non-hydrogen) atoms. The summed E-state index contributed by atoms with van der Waals surface area (Å²) in [6.07, 6.45) is -3.00. The molecular weight excluding hydrogens is 608 g/mol. The number of rotatable bonds is 7. The molecule has 0 radical (unpaired) electrons. The first kappa shape index (κ1) is 29.5. The van der Waals surface area contributed by atoms with Crippen LogP contribution in [0.15, 0.2) is 6.07 Å². The Morgan fingerprint density at radius 2 is 2.00 bits per heavy atom.